The van der Waals surface area contributed by atoms with Gasteiger partial charge in [-0.25, -0.2) is 0 Å². The molecule has 0 amide bonds. The Morgan fingerprint density at radius 2 is 1.93 bits per heavy atom. The van der Waals surface area contributed by atoms with Crippen LogP contribution in [0.4, 0.5) is 5.69 Å². The normalized spacial score (nSPS) is 17.6. The third-order valence-corrected chi connectivity index (χ3v) is 3.87. The van der Waals surface area contributed by atoms with Gasteiger partial charge in [0.05, 0.1) is 0 Å². The molecule has 1 nitrogen and oxygen atoms in total. The second-order valence-corrected chi connectivity index (χ2v) is 5.07. The topological polar surface area (TPSA) is 26.0 Å². The lowest BCUT2D eigenvalue weighted by Crippen LogP contribution is -1.98. The summed E-state index contributed by atoms with van der Waals surface area (Å²) >= 11 is 3.50. The van der Waals surface area contributed by atoms with Crippen molar-refractivity contribution in [3.63, 3.8) is 0 Å². The second-order valence-electron chi connectivity index (χ2n) is 4.21. The van der Waals surface area contributed by atoms with Crippen LogP contribution in [0.25, 0.3) is 0 Å². The average Bonchev–Trinajstić information content (AvgIpc) is 2.64. The van der Waals surface area contributed by atoms with Crippen molar-refractivity contribution in [3.05, 3.63) is 27.7 Å². The number of anilines is 1. The number of aryl methyl sites for hydroxylation is 1. The van der Waals surface area contributed by atoms with Crippen LogP contribution in [-0.2, 0) is 0 Å². The van der Waals surface area contributed by atoms with E-state index in [2.05, 4.69) is 35.0 Å². The van der Waals surface area contributed by atoms with Crippen LogP contribution >= 0.6 is 15.9 Å². The Balaban J connectivity index is 2.37. The molecule has 1 aliphatic carbocycles. The summed E-state index contributed by atoms with van der Waals surface area (Å²) in [6, 6.07) is 4.29. The smallest absolute Gasteiger partial charge is 0.0461 e. The maximum absolute atomic E-state index is 5.84. The van der Waals surface area contributed by atoms with E-state index in [0.29, 0.717) is 0 Å². The van der Waals surface area contributed by atoms with E-state index >= 15 is 0 Å². The van der Waals surface area contributed by atoms with Crippen molar-refractivity contribution in [3.8, 4) is 0 Å². The minimum Gasteiger partial charge on any atom is -0.398 e. The van der Waals surface area contributed by atoms with Crippen molar-refractivity contribution in [2.75, 3.05) is 5.73 Å². The van der Waals surface area contributed by atoms with Gasteiger partial charge in [0.25, 0.3) is 0 Å². The molecule has 1 saturated carbocycles. The number of nitrogens with two attached hydrogens (primary N) is 1. The largest absolute Gasteiger partial charge is 0.398 e. The van der Waals surface area contributed by atoms with E-state index in [-0.39, 0.29) is 0 Å². The maximum atomic E-state index is 5.84. The SMILES string of the molecule is Cc1cc(N)c(Br)cc1C1CCCC1. The highest BCUT2D eigenvalue weighted by atomic mass is 79.9. The molecule has 14 heavy (non-hydrogen) atoms. The average molecular weight is 254 g/mol. The molecule has 2 heteroatoms. The Bertz CT molecular complexity index is 340. The zero-order chi connectivity index (χ0) is 10.1. The van der Waals surface area contributed by atoms with Gasteiger partial charge in [-0.3, -0.25) is 0 Å². The third-order valence-electron chi connectivity index (χ3n) is 3.18. The summed E-state index contributed by atoms with van der Waals surface area (Å²) in [6.45, 7) is 2.16. The van der Waals surface area contributed by atoms with E-state index in [9.17, 15) is 0 Å². The predicted molar refractivity (Wildman–Crippen MR) is 64.5 cm³/mol. The van der Waals surface area contributed by atoms with Gasteiger partial charge in [-0.05, 0) is 64.9 Å². The van der Waals surface area contributed by atoms with Gasteiger partial charge in [-0.15, -0.1) is 0 Å². The summed E-state index contributed by atoms with van der Waals surface area (Å²) in [7, 11) is 0. The molecule has 1 aromatic carbocycles. The highest BCUT2D eigenvalue weighted by Gasteiger charge is 2.19. The van der Waals surface area contributed by atoms with Crippen molar-refractivity contribution in [2.45, 2.75) is 38.5 Å². The first-order chi connectivity index (χ1) is 6.68. The van der Waals surface area contributed by atoms with Crippen LogP contribution in [0.2, 0.25) is 0 Å². The van der Waals surface area contributed by atoms with Gasteiger partial charge in [0, 0.05) is 10.2 Å². The predicted octanol–water partition coefficient (Wildman–Crippen LogP) is 4.00. The Kier molecular flexibility index (Phi) is 2.82. The first-order valence-electron chi connectivity index (χ1n) is 5.24. The summed E-state index contributed by atoms with van der Waals surface area (Å²) < 4.78 is 1.05. The molecular weight excluding hydrogens is 238 g/mol. The molecular formula is C12H16BrN. The van der Waals surface area contributed by atoms with Gasteiger partial charge in [0.2, 0.25) is 0 Å². The Morgan fingerprint density at radius 1 is 1.29 bits per heavy atom. The Labute approximate surface area is 93.8 Å². The molecule has 1 fully saturated rings. The summed E-state index contributed by atoms with van der Waals surface area (Å²) in [4.78, 5) is 0. The van der Waals surface area contributed by atoms with E-state index in [1.54, 1.807) is 0 Å². The Morgan fingerprint density at radius 3 is 2.57 bits per heavy atom. The number of benzene rings is 1. The molecule has 76 valence electrons. The number of rotatable bonds is 1. The molecule has 0 bridgehead atoms. The lowest BCUT2D eigenvalue weighted by molar-refractivity contribution is 0.717. The van der Waals surface area contributed by atoms with Crippen LogP contribution < -0.4 is 5.73 Å². The summed E-state index contributed by atoms with van der Waals surface area (Å²) in [5.41, 5.74) is 9.53. The van der Waals surface area contributed by atoms with E-state index in [1.807, 2.05) is 0 Å². The fraction of sp³-hybridized carbons (Fsp3) is 0.500. The number of nitrogen functional groups attached to an aromatic ring is 1. The minimum absolute atomic E-state index is 0.770. The lowest BCUT2D eigenvalue weighted by Gasteiger charge is -2.14. The highest BCUT2D eigenvalue weighted by molar-refractivity contribution is 9.10. The summed E-state index contributed by atoms with van der Waals surface area (Å²) in [5.74, 6) is 0.770. The molecule has 0 atom stereocenters. The minimum atomic E-state index is 0.770. The zero-order valence-electron chi connectivity index (χ0n) is 8.52. The first-order valence-corrected chi connectivity index (χ1v) is 6.03. The van der Waals surface area contributed by atoms with E-state index < -0.39 is 0 Å². The second kappa shape index (κ2) is 3.93. The monoisotopic (exact) mass is 253 g/mol. The number of halogens is 1. The van der Waals surface area contributed by atoms with Crippen LogP contribution in [0.15, 0.2) is 16.6 Å². The quantitative estimate of drug-likeness (QED) is 0.753. The van der Waals surface area contributed by atoms with Gasteiger partial charge >= 0.3 is 0 Å². The van der Waals surface area contributed by atoms with Crippen LogP contribution in [0.5, 0.6) is 0 Å². The standard InChI is InChI=1S/C12H16BrN/c1-8-6-12(14)11(13)7-10(8)9-4-2-3-5-9/h6-7,9H,2-5,14H2,1H3. The van der Waals surface area contributed by atoms with Crippen molar-refractivity contribution < 1.29 is 0 Å². The van der Waals surface area contributed by atoms with Crippen molar-refractivity contribution in [1.82, 2.24) is 0 Å². The van der Waals surface area contributed by atoms with Crippen LogP contribution in [0, 0.1) is 6.92 Å². The van der Waals surface area contributed by atoms with Gasteiger partial charge in [-0.2, -0.15) is 0 Å². The molecule has 0 unspecified atom stereocenters. The molecule has 2 N–H and O–H groups in total. The van der Waals surface area contributed by atoms with Gasteiger partial charge < -0.3 is 5.73 Å². The molecule has 2 rings (SSSR count). The summed E-state index contributed by atoms with van der Waals surface area (Å²) in [5, 5.41) is 0. The molecule has 1 aliphatic rings. The van der Waals surface area contributed by atoms with E-state index in [1.165, 1.54) is 36.8 Å². The van der Waals surface area contributed by atoms with Crippen LogP contribution in [-0.4, -0.2) is 0 Å². The van der Waals surface area contributed by atoms with E-state index in [4.69, 9.17) is 5.73 Å². The molecule has 0 heterocycles. The maximum Gasteiger partial charge on any atom is 0.0461 e. The number of hydrogen-bond donors (Lipinski definition) is 1. The third kappa shape index (κ3) is 1.81. The Hall–Kier alpha value is -0.500. The van der Waals surface area contributed by atoms with Gasteiger partial charge in [0.15, 0.2) is 0 Å². The van der Waals surface area contributed by atoms with Crippen LogP contribution in [0.3, 0.4) is 0 Å². The highest BCUT2D eigenvalue weighted by Crippen LogP contribution is 2.38. The molecule has 0 saturated heterocycles. The van der Waals surface area contributed by atoms with Crippen molar-refractivity contribution >= 4 is 21.6 Å². The number of hydrogen-bond acceptors (Lipinski definition) is 1. The summed E-state index contributed by atoms with van der Waals surface area (Å²) in [6.07, 6.45) is 5.45. The van der Waals surface area contributed by atoms with Crippen molar-refractivity contribution in [1.29, 1.82) is 0 Å². The fourth-order valence-electron chi connectivity index (χ4n) is 2.40. The van der Waals surface area contributed by atoms with Gasteiger partial charge in [0.1, 0.15) is 0 Å². The molecule has 0 aliphatic heterocycles. The zero-order valence-corrected chi connectivity index (χ0v) is 10.1. The van der Waals surface area contributed by atoms with Crippen molar-refractivity contribution in [2.24, 2.45) is 0 Å². The molecule has 0 radical (unpaired) electrons. The molecule has 1 aromatic rings. The first kappa shape index (κ1) is 10.0. The van der Waals surface area contributed by atoms with E-state index in [0.717, 1.165) is 16.1 Å². The molecule has 0 aromatic heterocycles. The van der Waals surface area contributed by atoms with Crippen LogP contribution in [0.1, 0.15) is 42.7 Å². The van der Waals surface area contributed by atoms with Gasteiger partial charge in [-0.1, -0.05) is 12.8 Å². The lowest BCUT2D eigenvalue weighted by atomic mass is 9.93. The molecule has 0 spiro atoms. The fourth-order valence-corrected chi connectivity index (χ4v) is 2.76.